The fourth-order valence-corrected chi connectivity index (χ4v) is 6.99. The van der Waals surface area contributed by atoms with Crippen LogP contribution in [0.3, 0.4) is 0 Å². The van der Waals surface area contributed by atoms with Crippen LogP contribution in [0.15, 0.2) is 78.9 Å². The van der Waals surface area contributed by atoms with E-state index in [1.807, 2.05) is 75.4 Å². The van der Waals surface area contributed by atoms with E-state index in [1.165, 1.54) is 5.56 Å². The fraction of sp³-hybridized carbons (Fsp3) is 0.462. The maximum absolute atomic E-state index is 13.9. The third-order valence-electron chi connectivity index (χ3n) is 9.91. The molecule has 0 aliphatic heterocycles. The van der Waals surface area contributed by atoms with Crippen LogP contribution in [-0.4, -0.2) is 29.8 Å². The summed E-state index contributed by atoms with van der Waals surface area (Å²) in [5.41, 5.74) is 3.84. The molecule has 3 fully saturated rings. The zero-order chi connectivity index (χ0) is 32.5. The molecule has 0 saturated heterocycles. The molecule has 3 aliphatic carbocycles. The Labute approximate surface area is 268 Å². The van der Waals surface area contributed by atoms with E-state index >= 15 is 0 Å². The van der Waals surface area contributed by atoms with E-state index in [4.69, 9.17) is 0 Å². The summed E-state index contributed by atoms with van der Waals surface area (Å²) in [5, 5.41) is 9.45. The van der Waals surface area contributed by atoms with E-state index in [0.717, 1.165) is 55.2 Å². The molecule has 3 aromatic rings. The summed E-state index contributed by atoms with van der Waals surface area (Å²) < 4.78 is 0. The summed E-state index contributed by atoms with van der Waals surface area (Å²) in [6, 6.07) is 25.0. The van der Waals surface area contributed by atoms with Crippen LogP contribution in [0.25, 0.3) is 11.1 Å². The van der Waals surface area contributed by atoms with Crippen molar-refractivity contribution in [1.82, 2.24) is 16.0 Å². The largest absolute Gasteiger partial charge is 0.351 e. The van der Waals surface area contributed by atoms with Crippen molar-refractivity contribution in [3.63, 3.8) is 0 Å². The first-order valence-corrected chi connectivity index (χ1v) is 16.4. The monoisotopic (exact) mass is 607 g/mol. The highest BCUT2D eigenvalue weighted by Crippen LogP contribution is 2.57. The predicted octanol–water partition coefficient (Wildman–Crippen LogP) is 7.49. The first-order valence-electron chi connectivity index (χ1n) is 16.4. The van der Waals surface area contributed by atoms with E-state index in [1.54, 1.807) is 0 Å². The van der Waals surface area contributed by atoms with Crippen molar-refractivity contribution in [3.05, 3.63) is 95.6 Å². The molecule has 2 bridgehead atoms. The summed E-state index contributed by atoms with van der Waals surface area (Å²) in [6.07, 6.45) is 4.90. The molecule has 3 saturated carbocycles. The van der Waals surface area contributed by atoms with E-state index in [0.29, 0.717) is 12.1 Å². The number of nitrogens with one attached hydrogen (secondary N) is 3. The highest BCUT2D eigenvalue weighted by molar-refractivity contribution is 6.01. The molecule has 6 rings (SSSR count). The minimum Gasteiger partial charge on any atom is -0.351 e. The second-order valence-electron chi connectivity index (χ2n) is 15.4. The number of carbonyl (C=O) groups is 3. The summed E-state index contributed by atoms with van der Waals surface area (Å²) in [5.74, 6) is -0.299. The van der Waals surface area contributed by atoms with Crippen LogP contribution >= 0.6 is 0 Å². The Morgan fingerprint density at radius 2 is 1.31 bits per heavy atom. The fourth-order valence-electron chi connectivity index (χ4n) is 6.99. The number of amides is 3. The van der Waals surface area contributed by atoms with Gasteiger partial charge in [-0.3, -0.25) is 14.4 Å². The van der Waals surface area contributed by atoms with Crippen molar-refractivity contribution in [3.8, 4) is 11.1 Å². The van der Waals surface area contributed by atoms with Crippen LogP contribution in [0.1, 0.15) is 108 Å². The normalized spacial score (nSPS) is 21.9. The van der Waals surface area contributed by atoms with Gasteiger partial charge in [-0.1, -0.05) is 93.6 Å². The molecule has 3 N–H and O–H groups in total. The van der Waals surface area contributed by atoms with Gasteiger partial charge in [0.2, 0.25) is 11.8 Å². The molecule has 6 heteroatoms. The molecule has 238 valence electrons. The standard InChI is InChI=1S/C39H49N3O3/c1-36(2,3)29-18-16-27(17-19-29)30-14-10-11-15-31(30)33(43)40-26-38-20-23-39(24-21-38,25-22-38)35(45)41-32(28-12-8-7-9-13-28)34(44)42-37(4,5)6/h7-19,32H,20-26H2,1-6H3,(H,40,43)(H,41,45)(H,42,44)/t32-,38?,39?/m0/s1. The summed E-state index contributed by atoms with van der Waals surface area (Å²) >= 11 is 0. The van der Waals surface area contributed by atoms with Crippen LogP contribution in [0.5, 0.6) is 0 Å². The lowest BCUT2D eigenvalue weighted by Gasteiger charge is -2.52. The Morgan fingerprint density at radius 1 is 0.733 bits per heavy atom. The van der Waals surface area contributed by atoms with Gasteiger partial charge in [-0.05, 0) is 98.4 Å². The maximum Gasteiger partial charge on any atom is 0.251 e. The lowest BCUT2D eigenvalue weighted by molar-refractivity contribution is -0.143. The average Bonchev–Trinajstić information content (AvgIpc) is 3.02. The van der Waals surface area contributed by atoms with Crippen molar-refractivity contribution in [2.45, 2.75) is 97.1 Å². The number of hydrogen-bond acceptors (Lipinski definition) is 3. The quantitative estimate of drug-likeness (QED) is 0.248. The molecule has 0 radical (unpaired) electrons. The molecule has 3 aliphatic rings. The molecule has 0 spiro atoms. The van der Waals surface area contributed by atoms with Gasteiger partial charge in [-0.25, -0.2) is 0 Å². The molecule has 45 heavy (non-hydrogen) atoms. The lowest BCUT2D eigenvalue weighted by atomic mass is 9.53. The Hall–Kier alpha value is -3.93. The number of hydrogen-bond donors (Lipinski definition) is 3. The van der Waals surface area contributed by atoms with Crippen LogP contribution in [0.4, 0.5) is 0 Å². The Morgan fingerprint density at radius 3 is 1.89 bits per heavy atom. The SMILES string of the molecule is CC(C)(C)NC(=O)[C@@H](NC(=O)C12CCC(CNC(=O)c3ccccc3-c3ccc(C(C)(C)C)cc3)(CC1)CC2)c1ccccc1. The molecule has 3 amide bonds. The van der Waals surface area contributed by atoms with Crippen molar-refractivity contribution in [2.24, 2.45) is 10.8 Å². The van der Waals surface area contributed by atoms with Crippen LogP contribution in [0.2, 0.25) is 0 Å². The Kier molecular flexibility index (Phi) is 8.99. The number of rotatable bonds is 8. The van der Waals surface area contributed by atoms with Gasteiger partial charge in [0.25, 0.3) is 5.91 Å². The third-order valence-corrected chi connectivity index (χ3v) is 9.91. The van der Waals surface area contributed by atoms with Gasteiger partial charge in [-0.2, -0.15) is 0 Å². The third kappa shape index (κ3) is 7.32. The number of benzene rings is 3. The van der Waals surface area contributed by atoms with Gasteiger partial charge in [0.1, 0.15) is 6.04 Å². The summed E-state index contributed by atoms with van der Waals surface area (Å²) in [7, 11) is 0. The minimum absolute atomic E-state index is 0.0105. The van der Waals surface area contributed by atoms with Gasteiger partial charge < -0.3 is 16.0 Å². The molecule has 0 aromatic heterocycles. The van der Waals surface area contributed by atoms with Crippen molar-refractivity contribution >= 4 is 17.7 Å². The number of fused-ring (bicyclic) bond motifs is 3. The van der Waals surface area contributed by atoms with Gasteiger partial charge in [-0.15, -0.1) is 0 Å². The predicted molar refractivity (Wildman–Crippen MR) is 181 cm³/mol. The first-order chi connectivity index (χ1) is 21.2. The van der Waals surface area contributed by atoms with Crippen molar-refractivity contribution in [2.75, 3.05) is 6.54 Å². The number of carbonyl (C=O) groups excluding carboxylic acids is 3. The second-order valence-corrected chi connectivity index (χ2v) is 15.4. The lowest BCUT2D eigenvalue weighted by Crippen LogP contribution is -2.55. The molecular weight excluding hydrogens is 558 g/mol. The minimum atomic E-state index is -0.745. The summed E-state index contributed by atoms with van der Waals surface area (Å²) in [6.45, 7) is 13.0. The molecule has 0 unspecified atom stereocenters. The molecule has 3 aromatic carbocycles. The zero-order valence-electron chi connectivity index (χ0n) is 27.8. The summed E-state index contributed by atoms with van der Waals surface area (Å²) in [4.78, 5) is 40.7. The van der Waals surface area contributed by atoms with E-state index in [2.05, 4.69) is 61.0 Å². The highest BCUT2D eigenvalue weighted by Gasteiger charge is 2.52. The second kappa shape index (κ2) is 12.5. The smallest absolute Gasteiger partial charge is 0.251 e. The van der Waals surface area contributed by atoms with Gasteiger partial charge >= 0.3 is 0 Å². The highest BCUT2D eigenvalue weighted by atomic mass is 16.2. The topological polar surface area (TPSA) is 87.3 Å². The van der Waals surface area contributed by atoms with Gasteiger partial charge in [0.15, 0.2) is 0 Å². The van der Waals surface area contributed by atoms with Gasteiger partial charge in [0, 0.05) is 23.1 Å². The van der Waals surface area contributed by atoms with E-state index < -0.39 is 17.0 Å². The zero-order valence-corrected chi connectivity index (χ0v) is 27.8. The van der Waals surface area contributed by atoms with Gasteiger partial charge in [0.05, 0.1) is 0 Å². The van der Waals surface area contributed by atoms with Crippen LogP contribution in [-0.2, 0) is 15.0 Å². The maximum atomic E-state index is 13.9. The van der Waals surface area contributed by atoms with E-state index in [9.17, 15) is 14.4 Å². The van der Waals surface area contributed by atoms with Crippen molar-refractivity contribution in [1.29, 1.82) is 0 Å². The Bertz CT molecular complexity index is 1510. The molecule has 6 nitrogen and oxygen atoms in total. The van der Waals surface area contributed by atoms with Crippen LogP contribution in [0, 0.1) is 10.8 Å². The van der Waals surface area contributed by atoms with E-state index in [-0.39, 0.29) is 28.6 Å². The van der Waals surface area contributed by atoms with Crippen LogP contribution < -0.4 is 16.0 Å². The van der Waals surface area contributed by atoms with Crippen molar-refractivity contribution < 1.29 is 14.4 Å². The molecule has 1 atom stereocenters. The average molecular weight is 608 g/mol. The molecule has 0 heterocycles. The molecular formula is C39H49N3O3. The first kappa shape index (κ1) is 32.5. The Balaban J connectivity index is 1.23.